The van der Waals surface area contributed by atoms with Crippen molar-refractivity contribution in [2.75, 3.05) is 37.6 Å². The van der Waals surface area contributed by atoms with E-state index in [0.29, 0.717) is 0 Å². The summed E-state index contributed by atoms with van der Waals surface area (Å²) in [5.41, 5.74) is 3.44. The van der Waals surface area contributed by atoms with Gasteiger partial charge in [-0.15, -0.1) is 15.3 Å². The molecule has 0 amide bonds. The average molecular weight is 334 g/mol. The molecule has 1 aliphatic heterocycles. The second kappa shape index (κ2) is 7.03. The van der Waals surface area contributed by atoms with Gasteiger partial charge in [-0.3, -0.25) is 4.90 Å². The van der Waals surface area contributed by atoms with Gasteiger partial charge in [-0.05, 0) is 24.6 Å². The third-order valence-corrected chi connectivity index (χ3v) is 4.53. The van der Waals surface area contributed by atoms with E-state index in [0.717, 1.165) is 44.2 Å². The van der Waals surface area contributed by atoms with Gasteiger partial charge in [0.25, 0.3) is 0 Å². The molecule has 0 unspecified atom stereocenters. The second-order valence-electron chi connectivity index (χ2n) is 6.49. The fourth-order valence-electron chi connectivity index (χ4n) is 3.25. The van der Waals surface area contributed by atoms with Gasteiger partial charge in [0.1, 0.15) is 12.1 Å². The summed E-state index contributed by atoms with van der Waals surface area (Å²) in [7, 11) is 0. The summed E-state index contributed by atoms with van der Waals surface area (Å²) in [4.78, 5) is 4.83. The van der Waals surface area contributed by atoms with Crippen LogP contribution >= 0.6 is 0 Å². The van der Waals surface area contributed by atoms with Crippen LogP contribution in [0.4, 0.5) is 5.82 Å². The minimum absolute atomic E-state index is 0.782. The van der Waals surface area contributed by atoms with Gasteiger partial charge >= 0.3 is 0 Å². The van der Waals surface area contributed by atoms with Crippen molar-refractivity contribution in [1.29, 1.82) is 0 Å². The number of hydrogen-bond acceptors (Lipinski definition) is 5. The number of hydrogen-bond donors (Lipinski definition) is 0. The highest BCUT2D eigenvalue weighted by Crippen LogP contribution is 2.15. The Balaban J connectivity index is 1.35. The Bertz CT molecular complexity index is 862. The highest BCUT2D eigenvalue weighted by Gasteiger charge is 2.18. The molecule has 6 nitrogen and oxygen atoms in total. The van der Waals surface area contributed by atoms with Gasteiger partial charge in [0.15, 0.2) is 5.65 Å². The maximum Gasteiger partial charge on any atom is 0.177 e. The zero-order valence-corrected chi connectivity index (χ0v) is 14.4. The molecule has 3 heterocycles. The van der Waals surface area contributed by atoms with Crippen LogP contribution < -0.4 is 4.90 Å². The molecule has 0 radical (unpaired) electrons. The Morgan fingerprint density at radius 1 is 1.04 bits per heavy atom. The maximum atomic E-state index is 4.59. The molecule has 0 saturated carbocycles. The molecule has 1 saturated heterocycles. The summed E-state index contributed by atoms with van der Waals surface area (Å²) < 4.78 is 1.73. The van der Waals surface area contributed by atoms with Crippen LogP contribution in [0.3, 0.4) is 0 Å². The molecule has 6 heteroatoms. The molecule has 0 aliphatic carbocycles. The van der Waals surface area contributed by atoms with Crippen LogP contribution in [0.2, 0.25) is 0 Å². The third kappa shape index (κ3) is 3.69. The van der Waals surface area contributed by atoms with Gasteiger partial charge in [-0.2, -0.15) is 4.52 Å². The number of nitrogens with zero attached hydrogens (tertiary/aromatic N) is 6. The predicted octanol–water partition coefficient (Wildman–Crippen LogP) is 2.35. The Kier molecular flexibility index (Phi) is 4.43. The van der Waals surface area contributed by atoms with E-state index < -0.39 is 0 Å². The lowest BCUT2D eigenvalue weighted by Gasteiger charge is -2.35. The number of anilines is 1. The van der Waals surface area contributed by atoms with Gasteiger partial charge in [0, 0.05) is 32.7 Å². The normalized spacial score (nSPS) is 16.5. The van der Waals surface area contributed by atoms with Gasteiger partial charge in [-0.1, -0.05) is 42.0 Å². The van der Waals surface area contributed by atoms with Crippen LogP contribution in [0, 0.1) is 0 Å². The van der Waals surface area contributed by atoms with Gasteiger partial charge in [-0.25, -0.2) is 0 Å². The summed E-state index contributed by atoms with van der Waals surface area (Å²) >= 11 is 0. The summed E-state index contributed by atoms with van der Waals surface area (Å²) in [5.74, 6) is 0.989. The van der Waals surface area contributed by atoms with Gasteiger partial charge in [0.05, 0.1) is 0 Å². The van der Waals surface area contributed by atoms with E-state index in [1.165, 1.54) is 11.1 Å². The molecule has 0 bridgehead atoms. The zero-order valence-electron chi connectivity index (χ0n) is 14.4. The number of piperazine rings is 1. The lowest BCUT2D eigenvalue weighted by molar-refractivity contribution is 0.278. The molecular weight excluding hydrogens is 312 g/mol. The molecule has 1 fully saturated rings. The number of aromatic nitrogens is 4. The molecule has 0 spiro atoms. The van der Waals surface area contributed by atoms with Crippen LogP contribution in [0.25, 0.3) is 11.7 Å². The summed E-state index contributed by atoms with van der Waals surface area (Å²) in [6, 6.07) is 14.5. The molecule has 1 aliphatic rings. The Hall–Kier alpha value is -2.73. The van der Waals surface area contributed by atoms with Crippen molar-refractivity contribution in [2.24, 2.45) is 0 Å². The number of benzene rings is 1. The molecule has 25 heavy (non-hydrogen) atoms. The first kappa shape index (κ1) is 15.8. The largest absolute Gasteiger partial charge is 0.353 e. The van der Waals surface area contributed by atoms with E-state index in [-0.39, 0.29) is 0 Å². The smallest absolute Gasteiger partial charge is 0.177 e. The van der Waals surface area contributed by atoms with E-state index >= 15 is 0 Å². The van der Waals surface area contributed by atoms with Crippen molar-refractivity contribution < 1.29 is 0 Å². The summed E-state index contributed by atoms with van der Waals surface area (Å²) in [6.45, 7) is 7.28. The highest BCUT2D eigenvalue weighted by molar-refractivity contribution is 5.52. The average Bonchev–Trinajstić information content (AvgIpc) is 3.11. The minimum Gasteiger partial charge on any atom is -0.353 e. The monoisotopic (exact) mass is 334 g/mol. The first-order chi connectivity index (χ1) is 12.3. The van der Waals surface area contributed by atoms with Crippen LogP contribution in [-0.2, 0) is 0 Å². The number of rotatable bonds is 4. The molecule has 128 valence electrons. The lowest BCUT2D eigenvalue weighted by Crippen LogP contribution is -2.47. The lowest BCUT2D eigenvalue weighted by atomic mass is 10.1. The molecule has 4 rings (SSSR count). The Morgan fingerprint density at radius 3 is 2.64 bits per heavy atom. The van der Waals surface area contributed by atoms with Crippen molar-refractivity contribution in [2.45, 2.75) is 6.92 Å². The maximum absolute atomic E-state index is 4.59. The van der Waals surface area contributed by atoms with E-state index in [1.807, 2.05) is 12.1 Å². The standard InChI is InChI=1S/C19H22N6/c1-16(13-17-5-3-2-4-6-17)14-23-9-11-24(12-10-23)19-8-7-18-21-20-15-25(18)22-19/h2-8,13,15H,9-12,14H2,1H3. The van der Waals surface area contributed by atoms with E-state index in [1.54, 1.807) is 10.8 Å². The fraction of sp³-hybridized carbons (Fsp3) is 0.316. The number of fused-ring (bicyclic) bond motifs is 1. The van der Waals surface area contributed by atoms with E-state index in [2.05, 4.69) is 68.4 Å². The van der Waals surface area contributed by atoms with Crippen molar-refractivity contribution in [1.82, 2.24) is 24.7 Å². The summed E-state index contributed by atoms with van der Waals surface area (Å²) in [5, 5.41) is 12.5. The predicted molar refractivity (Wildman–Crippen MR) is 99.5 cm³/mol. The van der Waals surface area contributed by atoms with Gasteiger partial charge in [0.2, 0.25) is 0 Å². The highest BCUT2D eigenvalue weighted by atomic mass is 15.4. The molecule has 3 aromatic rings. The molecular formula is C19H22N6. The fourth-order valence-corrected chi connectivity index (χ4v) is 3.25. The minimum atomic E-state index is 0.782. The molecule has 0 N–H and O–H groups in total. The molecule has 2 aromatic heterocycles. The van der Waals surface area contributed by atoms with Crippen molar-refractivity contribution >= 4 is 17.5 Å². The van der Waals surface area contributed by atoms with Crippen LogP contribution in [0.15, 0.2) is 54.4 Å². The summed E-state index contributed by atoms with van der Waals surface area (Å²) in [6.07, 6.45) is 3.92. The van der Waals surface area contributed by atoms with Crippen LogP contribution in [-0.4, -0.2) is 57.4 Å². The van der Waals surface area contributed by atoms with Crippen LogP contribution in [0.1, 0.15) is 12.5 Å². The third-order valence-electron chi connectivity index (χ3n) is 4.53. The Labute approximate surface area is 147 Å². The first-order valence-corrected chi connectivity index (χ1v) is 8.64. The SMILES string of the molecule is CC(=Cc1ccccc1)CN1CCN(c2ccc3nncn3n2)CC1. The van der Waals surface area contributed by atoms with Crippen molar-refractivity contribution in [3.05, 3.63) is 59.9 Å². The quantitative estimate of drug-likeness (QED) is 0.733. The van der Waals surface area contributed by atoms with Crippen molar-refractivity contribution in [3.63, 3.8) is 0 Å². The molecule has 1 aromatic carbocycles. The van der Waals surface area contributed by atoms with E-state index in [4.69, 9.17) is 0 Å². The zero-order chi connectivity index (χ0) is 17.1. The van der Waals surface area contributed by atoms with Gasteiger partial charge < -0.3 is 4.90 Å². The second-order valence-corrected chi connectivity index (χ2v) is 6.49. The topological polar surface area (TPSA) is 49.6 Å². The van der Waals surface area contributed by atoms with Crippen LogP contribution in [0.5, 0.6) is 0 Å². The van der Waals surface area contributed by atoms with Crippen molar-refractivity contribution in [3.8, 4) is 0 Å². The Morgan fingerprint density at radius 2 is 1.84 bits per heavy atom. The van der Waals surface area contributed by atoms with E-state index in [9.17, 15) is 0 Å². The first-order valence-electron chi connectivity index (χ1n) is 8.64. The molecule has 0 atom stereocenters.